The van der Waals surface area contributed by atoms with Gasteiger partial charge in [-0.3, -0.25) is 4.79 Å². The van der Waals surface area contributed by atoms with Crippen LogP contribution in [0.25, 0.3) is 11.1 Å². The predicted molar refractivity (Wildman–Crippen MR) is 101 cm³/mol. The summed E-state index contributed by atoms with van der Waals surface area (Å²) in [5.74, 6) is -0.800. The van der Waals surface area contributed by atoms with Crippen molar-refractivity contribution in [2.24, 2.45) is 0 Å². The number of carboxylic acids is 1. The molecule has 0 radical (unpaired) electrons. The average molecular weight is 369 g/mol. The second-order valence-corrected chi connectivity index (χ2v) is 6.36. The largest absolute Gasteiger partial charge is 0.481 e. The summed E-state index contributed by atoms with van der Waals surface area (Å²) in [6.45, 7) is 1.28. The first-order valence-corrected chi connectivity index (χ1v) is 9.05. The highest BCUT2D eigenvalue weighted by Gasteiger charge is 2.28. The van der Waals surface area contributed by atoms with Gasteiger partial charge in [0.25, 0.3) is 0 Å². The van der Waals surface area contributed by atoms with Crippen molar-refractivity contribution in [1.82, 2.24) is 5.32 Å². The first-order valence-electron chi connectivity index (χ1n) is 9.05. The molecular formula is C21H23NO5. The molecule has 2 aromatic rings. The predicted octanol–water partition coefficient (Wildman–Crippen LogP) is 3.41. The minimum Gasteiger partial charge on any atom is -0.481 e. The van der Waals surface area contributed by atoms with Gasteiger partial charge < -0.3 is 19.9 Å². The smallest absolute Gasteiger partial charge is 0.407 e. The van der Waals surface area contributed by atoms with Crippen molar-refractivity contribution >= 4 is 12.1 Å². The van der Waals surface area contributed by atoms with Gasteiger partial charge in [0.05, 0.1) is 6.61 Å². The van der Waals surface area contributed by atoms with Gasteiger partial charge in [0.15, 0.2) is 0 Å². The summed E-state index contributed by atoms with van der Waals surface area (Å²) in [6.07, 6.45) is 0.0612. The lowest BCUT2D eigenvalue weighted by Crippen LogP contribution is -2.29. The Labute approximate surface area is 158 Å². The number of amides is 1. The Bertz CT molecular complexity index is 759. The van der Waals surface area contributed by atoms with E-state index in [0.29, 0.717) is 26.2 Å². The molecule has 2 aromatic carbocycles. The maximum absolute atomic E-state index is 11.9. The van der Waals surface area contributed by atoms with Crippen LogP contribution >= 0.6 is 0 Å². The molecule has 1 amide bonds. The van der Waals surface area contributed by atoms with Gasteiger partial charge in [-0.15, -0.1) is 0 Å². The summed E-state index contributed by atoms with van der Waals surface area (Å²) in [7, 11) is 0. The molecule has 0 aliphatic heterocycles. The van der Waals surface area contributed by atoms with Crippen molar-refractivity contribution < 1.29 is 24.2 Å². The molecule has 6 heteroatoms. The van der Waals surface area contributed by atoms with E-state index in [2.05, 4.69) is 29.6 Å². The number of alkyl carbamates (subject to hydrolysis) is 1. The molecule has 6 nitrogen and oxygen atoms in total. The number of ether oxygens (including phenoxy) is 2. The minimum atomic E-state index is -0.838. The van der Waals surface area contributed by atoms with Crippen molar-refractivity contribution in [2.75, 3.05) is 26.4 Å². The quantitative estimate of drug-likeness (QED) is 0.662. The number of carbonyl (C=O) groups is 2. The third-order valence-corrected chi connectivity index (χ3v) is 4.54. The van der Waals surface area contributed by atoms with E-state index in [-0.39, 0.29) is 18.9 Å². The Morgan fingerprint density at radius 1 is 0.963 bits per heavy atom. The fourth-order valence-electron chi connectivity index (χ4n) is 3.30. The molecule has 0 aromatic heterocycles. The molecule has 0 bridgehead atoms. The van der Waals surface area contributed by atoms with Gasteiger partial charge in [0, 0.05) is 25.5 Å². The van der Waals surface area contributed by atoms with Crippen LogP contribution < -0.4 is 5.32 Å². The topological polar surface area (TPSA) is 84.9 Å². The maximum Gasteiger partial charge on any atom is 0.407 e. The van der Waals surface area contributed by atoms with E-state index >= 15 is 0 Å². The highest BCUT2D eigenvalue weighted by molar-refractivity contribution is 5.79. The van der Waals surface area contributed by atoms with Crippen molar-refractivity contribution in [2.45, 2.75) is 18.8 Å². The van der Waals surface area contributed by atoms with Gasteiger partial charge in [0.2, 0.25) is 0 Å². The SMILES string of the molecule is O=C(O)CCCOCCNC(=O)OCC1c2ccccc2-c2ccccc21. The number of benzene rings is 2. The van der Waals surface area contributed by atoms with Gasteiger partial charge in [-0.25, -0.2) is 4.79 Å². The van der Waals surface area contributed by atoms with Crippen LogP contribution in [0.15, 0.2) is 48.5 Å². The zero-order valence-electron chi connectivity index (χ0n) is 15.0. The molecular weight excluding hydrogens is 346 g/mol. The van der Waals surface area contributed by atoms with Crippen molar-refractivity contribution in [1.29, 1.82) is 0 Å². The fraction of sp³-hybridized carbons (Fsp3) is 0.333. The maximum atomic E-state index is 11.9. The fourth-order valence-corrected chi connectivity index (χ4v) is 3.30. The Hall–Kier alpha value is -2.86. The zero-order chi connectivity index (χ0) is 19.1. The van der Waals surface area contributed by atoms with Crippen LogP contribution in [0.5, 0.6) is 0 Å². The molecule has 0 unspecified atom stereocenters. The molecule has 142 valence electrons. The summed E-state index contributed by atoms with van der Waals surface area (Å²) in [6, 6.07) is 16.4. The molecule has 0 heterocycles. The first kappa shape index (κ1) is 18.9. The lowest BCUT2D eigenvalue weighted by atomic mass is 9.98. The second-order valence-electron chi connectivity index (χ2n) is 6.36. The summed E-state index contributed by atoms with van der Waals surface area (Å²) in [5.41, 5.74) is 4.73. The number of rotatable bonds is 9. The van der Waals surface area contributed by atoms with Gasteiger partial charge in [-0.05, 0) is 28.7 Å². The van der Waals surface area contributed by atoms with Crippen molar-refractivity contribution in [3.63, 3.8) is 0 Å². The van der Waals surface area contributed by atoms with Crippen LogP contribution in [0.1, 0.15) is 29.9 Å². The summed E-state index contributed by atoms with van der Waals surface area (Å²) >= 11 is 0. The third kappa shape index (κ3) is 4.86. The molecule has 3 rings (SSSR count). The van der Waals surface area contributed by atoms with Gasteiger partial charge >= 0.3 is 12.1 Å². The Morgan fingerprint density at radius 3 is 2.22 bits per heavy atom. The van der Waals surface area contributed by atoms with Gasteiger partial charge in [0.1, 0.15) is 6.61 Å². The van der Waals surface area contributed by atoms with Crippen LogP contribution in [-0.4, -0.2) is 43.5 Å². The molecule has 1 aliphatic rings. The Balaban J connectivity index is 1.44. The van der Waals surface area contributed by atoms with E-state index in [1.807, 2.05) is 24.3 Å². The number of aliphatic carboxylic acids is 1. The molecule has 1 aliphatic carbocycles. The van der Waals surface area contributed by atoms with E-state index < -0.39 is 12.1 Å². The van der Waals surface area contributed by atoms with Crippen LogP contribution in [0.4, 0.5) is 4.79 Å². The standard InChI is InChI=1S/C21H23NO5/c23-20(24)10-5-12-26-13-11-22-21(25)27-14-19-17-8-3-1-6-15(17)16-7-2-4-9-18(16)19/h1-4,6-9,19H,5,10-14H2,(H,22,25)(H,23,24). The van der Waals surface area contributed by atoms with Crippen molar-refractivity contribution in [3.05, 3.63) is 59.7 Å². The number of nitrogens with one attached hydrogen (secondary N) is 1. The minimum absolute atomic E-state index is 0.0374. The number of hydrogen-bond acceptors (Lipinski definition) is 4. The Morgan fingerprint density at radius 2 is 1.59 bits per heavy atom. The molecule has 0 atom stereocenters. The van der Waals surface area contributed by atoms with Crippen molar-refractivity contribution in [3.8, 4) is 11.1 Å². The molecule has 27 heavy (non-hydrogen) atoms. The van der Waals surface area contributed by atoms with E-state index in [0.717, 1.165) is 0 Å². The molecule has 0 saturated carbocycles. The van der Waals surface area contributed by atoms with Crippen LogP contribution in [0, 0.1) is 0 Å². The molecule has 0 fully saturated rings. The number of carbonyl (C=O) groups excluding carboxylic acids is 1. The number of carboxylic acid groups (broad SMARTS) is 1. The van der Waals surface area contributed by atoms with E-state index in [4.69, 9.17) is 14.6 Å². The lowest BCUT2D eigenvalue weighted by Gasteiger charge is -2.14. The van der Waals surface area contributed by atoms with E-state index in [9.17, 15) is 9.59 Å². The van der Waals surface area contributed by atoms with Crippen LogP contribution in [-0.2, 0) is 14.3 Å². The Kier molecular flexibility index (Phi) is 6.44. The van der Waals surface area contributed by atoms with E-state index in [1.165, 1.54) is 22.3 Å². The van der Waals surface area contributed by atoms with Crippen LogP contribution in [0.3, 0.4) is 0 Å². The molecule has 2 N–H and O–H groups in total. The highest BCUT2D eigenvalue weighted by Crippen LogP contribution is 2.44. The number of fused-ring (bicyclic) bond motifs is 3. The molecule has 0 saturated heterocycles. The average Bonchev–Trinajstić information content (AvgIpc) is 2.99. The molecule has 0 spiro atoms. The van der Waals surface area contributed by atoms with E-state index in [1.54, 1.807) is 0 Å². The summed E-state index contributed by atoms with van der Waals surface area (Å²) in [4.78, 5) is 22.3. The summed E-state index contributed by atoms with van der Waals surface area (Å²) in [5, 5.41) is 11.2. The van der Waals surface area contributed by atoms with Gasteiger partial charge in [-0.1, -0.05) is 48.5 Å². The monoisotopic (exact) mass is 369 g/mol. The van der Waals surface area contributed by atoms with Crippen LogP contribution in [0.2, 0.25) is 0 Å². The second kappa shape index (κ2) is 9.19. The number of hydrogen-bond donors (Lipinski definition) is 2. The highest BCUT2D eigenvalue weighted by atomic mass is 16.5. The lowest BCUT2D eigenvalue weighted by molar-refractivity contribution is -0.137. The van der Waals surface area contributed by atoms with Gasteiger partial charge in [-0.2, -0.15) is 0 Å². The first-order chi connectivity index (χ1) is 13.2. The third-order valence-electron chi connectivity index (χ3n) is 4.54. The summed E-state index contributed by atoms with van der Waals surface area (Å²) < 4.78 is 10.7. The normalized spacial score (nSPS) is 12.3. The zero-order valence-corrected chi connectivity index (χ0v) is 15.0.